The van der Waals surface area contributed by atoms with E-state index in [1.54, 1.807) is 12.4 Å². The Bertz CT molecular complexity index is 870. The van der Waals surface area contributed by atoms with E-state index in [0.717, 1.165) is 14.9 Å². The molecule has 3 unspecified atom stereocenters. The topological polar surface area (TPSA) is 110 Å². The van der Waals surface area contributed by atoms with Crippen LogP contribution in [0.3, 0.4) is 0 Å². The minimum absolute atomic E-state index is 0.266. The van der Waals surface area contributed by atoms with Crippen LogP contribution >= 0.6 is 27.7 Å². The smallest absolute Gasteiger partial charge is 0.184 e. The number of azide groups is 1. The van der Waals surface area contributed by atoms with Gasteiger partial charge in [0, 0.05) is 32.2 Å². The summed E-state index contributed by atoms with van der Waals surface area (Å²) in [5, 5.41) is 14.6. The molecule has 28 heavy (non-hydrogen) atoms. The molecule has 1 N–H and O–H groups in total. The lowest BCUT2D eigenvalue weighted by Crippen LogP contribution is -2.60. The minimum atomic E-state index is -1.05. The standard InChI is InChI=1S/C18H17BrN4O4S/c19-11-6-12(8-21-7-11)28-18-15(24)14(22-23-20)16-13(26-18)9-25-17(27-16)10-4-2-1-3-5-10/h1-8,13-18,24H,9H2/t13?,14-,15?,16+,17?,18-/m1/s1. The molecule has 4 rings (SSSR count). The molecule has 2 aliphatic heterocycles. The first kappa shape index (κ1) is 19.7. The molecule has 146 valence electrons. The van der Waals surface area contributed by atoms with Gasteiger partial charge in [-0.2, -0.15) is 0 Å². The summed E-state index contributed by atoms with van der Waals surface area (Å²) < 4.78 is 18.7. The van der Waals surface area contributed by atoms with Crippen LogP contribution < -0.4 is 0 Å². The van der Waals surface area contributed by atoms with Crippen LogP contribution in [0.5, 0.6) is 0 Å². The van der Waals surface area contributed by atoms with Crippen molar-refractivity contribution in [2.45, 2.75) is 41.0 Å². The lowest BCUT2D eigenvalue weighted by molar-refractivity contribution is -0.297. The number of aliphatic hydroxyl groups excluding tert-OH is 1. The van der Waals surface area contributed by atoms with Crippen molar-refractivity contribution < 1.29 is 19.3 Å². The fourth-order valence-electron chi connectivity index (χ4n) is 3.24. The van der Waals surface area contributed by atoms with Crippen molar-refractivity contribution in [1.82, 2.24) is 4.98 Å². The number of pyridine rings is 1. The number of hydrogen-bond acceptors (Lipinski definition) is 7. The molecule has 3 heterocycles. The summed E-state index contributed by atoms with van der Waals surface area (Å²) in [6, 6.07) is 10.6. The second-order valence-electron chi connectivity index (χ2n) is 6.36. The van der Waals surface area contributed by atoms with Gasteiger partial charge in [-0.15, -0.1) is 0 Å². The number of fused-ring (bicyclic) bond motifs is 1. The molecule has 0 radical (unpaired) electrons. The van der Waals surface area contributed by atoms with Gasteiger partial charge in [0.2, 0.25) is 0 Å². The number of benzene rings is 1. The van der Waals surface area contributed by atoms with E-state index in [1.165, 1.54) is 11.8 Å². The fraction of sp³-hybridized carbons (Fsp3) is 0.389. The van der Waals surface area contributed by atoms with Crippen LogP contribution in [0.4, 0.5) is 0 Å². The quantitative estimate of drug-likeness (QED) is 0.418. The van der Waals surface area contributed by atoms with Gasteiger partial charge in [0.1, 0.15) is 23.7 Å². The van der Waals surface area contributed by atoms with Crippen LogP contribution in [0.1, 0.15) is 11.9 Å². The summed E-state index contributed by atoms with van der Waals surface area (Å²) in [6.07, 6.45) is 0.634. The van der Waals surface area contributed by atoms with Gasteiger partial charge in [-0.1, -0.05) is 47.2 Å². The second kappa shape index (κ2) is 8.79. The molecule has 0 spiro atoms. The molecule has 0 aliphatic carbocycles. The Hall–Kier alpha value is -1.65. The van der Waals surface area contributed by atoms with Crippen LogP contribution in [0.2, 0.25) is 0 Å². The Kier molecular flexibility index (Phi) is 6.17. The summed E-state index contributed by atoms with van der Waals surface area (Å²) >= 11 is 4.69. The zero-order valence-electron chi connectivity index (χ0n) is 14.5. The molecule has 0 bridgehead atoms. The third-order valence-corrected chi connectivity index (χ3v) is 6.07. The molecular formula is C18H17BrN4O4S. The Labute approximate surface area is 174 Å². The van der Waals surface area contributed by atoms with Crippen LogP contribution in [-0.4, -0.2) is 46.5 Å². The Balaban J connectivity index is 1.54. The molecule has 1 aromatic heterocycles. The zero-order valence-corrected chi connectivity index (χ0v) is 16.9. The van der Waals surface area contributed by atoms with E-state index < -0.39 is 36.1 Å². The third kappa shape index (κ3) is 4.18. The van der Waals surface area contributed by atoms with Gasteiger partial charge in [0.25, 0.3) is 0 Å². The van der Waals surface area contributed by atoms with Crippen molar-refractivity contribution in [3.63, 3.8) is 0 Å². The van der Waals surface area contributed by atoms with Crippen LogP contribution in [-0.2, 0) is 14.2 Å². The molecule has 0 saturated carbocycles. The zero-order chi connectivity index (χ0) is 19.5. The van der Waals surface area contributed by atoms with Crippen LogP contribution in [0.25, 0.3) is 10.4 Å². The summed E-state index contributed by atoms with van der Waals surface area (Å²) in [7, 11) is 0. The van der Waals surface area contributed by atoms with Gasteiger partial charge in [0.05, 0.1) is 12.6 Å². The Morgan fingerprint density at radius 3 is 2.82 bits per heavy atom. The van der Waals surface area contributed by atoms with Gasteiger partial charge in [0.15, 0.2) is 6.29 Å². The highest BCUT2D eigenvalue weighted by Crippen LogP contribution is 2.40. The van der Waals surface area contributed by atoms with Gasteiger partial charge >= 0.3 is 0 Å². The SMILES string of the molecule is [N-]=[N+]=N[C@@H]1C(O)[C@@H](Sc2cncc(Br)c2)OC2COC(c3ccccc3)O[C@@H]21. The molecule has 1 aromatic carbocycles. The van der Waals surface area contributed by atoms with E-state index >= 15 is 0 Å². The fourth-order valence-corrected chi connectivity index (χ4v) is 4.84. The minimum Gasteiger partial charge on any atom is -0.389 e. The highest BCUT2D eigenvalue weighted by atomic mass is 79.9. The number of rotatable bonds is 4. The number of ether oxygens (including phenoxy) is 3. The average molecular weight is 465 g/mol. The molecule has 10 heteroatoms. The molecular weight excluding hydrogens is 448 g/mol. The summed E-state index contributed by atoms with van der Waals surface area (Å²) in [6.45, 7) is 0.266. The molecule has 8 nitrogen and oxygen atoms in total. The molecule has 0 amide bonds. The van der Waals surface area contributed by atoms with E-state index in [-0.39, 0.29) is 6.61 Å². The van der Waals surface area contributed by atoms with Gasteiger partial charge < -0.3 is 19.3 Å². The first-order chi connectivity index (χ1) is 13.7. The summed E-state index contributed by atoms with van der Waals surface area (Å²) in [5.41, 5.74) is 9.23. The lowest BCUT2D eigenvalue weighted by Gasteiger charge is -2.46. The first-order valence-corrected chi connectivity index (χ1v) is 10.3. The van der Waals surface area contributed by atoms with Crippen molar-refractivity contribution in [3.05, 3.63) is 69.3 Å². The number of hydrogen-bond donors (Lipinski definition) is 1. The highest BCUT2D eigenvalue weighted by Gasteiger charge is 2.49. The van der Waals surface area contributed by atoms with Crippen molar-refractivity contribution in [3.8, 4) is 0 Å². The Morgan fingerprint density at radius 1 is 1.25 bits per heavy atom. The van der Waals surface area contributed by atoms with Gasteiger partial charge in [-0.3, -0.25) is 4.98 Å². The first-order valence-electron chi connectivity index (χ1n) is 8.62. The average Bonchev–Trinajstić information content (AvgIpc) is 2.71. The van der Waals surface area contributed by atoms with E-state index in [0.29, 0.717) is 0 Å². The van der Waals surface area contributed by atoms with E-state index in [1.807, 2.05) is 36.4 Å². The van der Waals surface area contributed by atoms with Crippen LogP contribution in [0, 0.1) is 0 Å². The van der Waals surface area contributed by atoms with Crippen molar-refractivity contribution in [2.75, 3.05) is 6.61 Å². The molecule has 2 aromatic rings. The predicted molar refractivity (Wildman–Crippen MR) is 105 cm³/mol. The molecule has 6 atom stereocenters. The second-order valence-corrected chi connectivity index (χ2v) is 8.45. The Morgan fingerprint density at radius 2 is 2.07 bits per heavy atom. The van der Waals surface area contributed by atoms with Crippen molar-refractivity contribution >= 4 is 27.7 Å². The van der Waals surface area contributed by atoms with Gasteiger partial charge in [-0.25, -0.2) is 0 Å². The number of aromatic nitrogens is 1. The number of nitrogens with zero attached hydrogens (tertiary/aromatic N) is 4. The summed E-state index contributed by atoms with van der Waals surface area (Å²) in [5.74, 6) is 0. The molecule has 2 saturated heterocycles. The normalized spacial score (nSPS) is 32.2. The number of halogens is 1. The highest BCUT2D eigenvalue weighted by molar-refractivity contribution is 9.10. The van der Waals surface area contributed by atoms with Crippen molar-refractivity contribution in [1.29, 1.82) is 0 Å². The molecule has 2 aliphatic rings. The van der Waals surface area contributed by atoms with Gasteiger partial charge in [-0.05, 0) is 27.5 Å². The largest absolute Gasteiger partial charge is 0.389 e. The predicted octanol–water partition coefficient (Wildman–Crippen LogP) is 3.82. The lowest BCUT2D eigenvalue weighted by atomic mass is 9.97. The summed E-state index contributed by atoms with van der Waals surface area (Å²) in [4.78, 5) is 7.85. The van der Waals surface area contributed by atoms with E-state index in [4.69, 9.17) is 19.7 Å². The number of thioether (sulfide) groups is 1. The maximum absolute atomic E-state index is 10.8. The van der Waals surface area contributed by atoms with E-state index in [9.17, 15) is 5.11 Å². The third-order valence-electron chi connectivity index (χ3n) is 4.52. The molecule has 2 fully saturated rings. The maximum atomic E-state index is 10.8. The number of aliphatic hydroxyl groups is 1. The van der Waals surface area contributed by atoms with E-state index in [2.05, 4.69) is 30.9 Å². The maximum Gasteiger partial charge on any atom is 0.184 e. The van der Waals surface area contributed by atoms with Crippen LogP contribution in [0.15, 0.2) is 63.3 Å². The van der Waals surface area contributed by atoms with Crippen molar-refractivity contribution in [2.24, 2.45) is 5.11 Å². The monoisotopic (exact) mass is 464 g/mol.